The number of hydrogen-bond acceptors (Lipinski definition) is 1. The summed E-state index contributed by atoms with van der Waals surface area (Å²) >= 11 is 0. The summed E-state index contributed by atoms with van der Waals surface area (Å²) in [6.45, 7) is 5.29. The summed E-state index contributed by atoms with van der Waals surface area (Å²) in [5.74, 6) is 0. The summed E-state index contributed by atoms with van der Waals surface area (Å²) in [6, 6.07) is 0. The maximum Gasteiger partial charge on any atom is -0.00743 e. The molecule has 0 aliphatic rings. The SMILES string of the molecule is CCC/C=C/CC/C(=C/CCCN)CCC. The minimum atomic E-state index is 0.812. The maximum absolute atomic E-state index is 5.50. The molecule has 0 aliphatic heterocycles. The van der Waals surface area contributed by atoms with Crippen LogP contribution in [0.5, 0.6) is 0 Å². The summed E-state index contributed by atoms with van der Waals surface area (Å²) < 4.78 is 0. The van der Waals surface area contributed by atoms with Crippen molar-refractivity contribution in [3.63, 3.8) is 0 Å². The Hall–Kier alpha value is -0.560. The van der Waals surface area contributed by atoms with E-state index in [1.807, 2.05) is 0 Å². The second-order valence-corrected chi connectivity index (χ2v) is 4.34. The number of nitrogens with two attached hydrogens (primary N) is 1. The van der Waals surface area contributed by atoms with Gasteiger partial charge in [-0.3, -0.25) is 0 Å². The molecule has 0 aromatic carbocycles. The Labute approximate surface area is 102 Å². The van der Waals surface area contributed by atoms with Gasteiger partial charge in [0.1, 0.15) is 0 Å². The highest BCUT2D eigenvalue weighted by Gasteiger charge is 1.94. The third-order valence-corrected chi connectivity index (χ3v) is 2.67. The fourth-order valence-electron chi connectivity index (χ4n) is 1.75. The topological polar surface area (TPSA) is 26.0 Å². The van der Waals surface area contributed by atoms with E-state index in [0.717, 1.165) is 19.4 Å². The van der Waals surface area contributed by atoms with Crippen LogP contribution in [0.25, 0.3) is 0 Å². The van der Waals surface area contributed by atoms with Crippen LogP contribution in [0.3, 0.4) is 0 Å². The molecule has 0 unspecified atom stereocenters. The van der Waals surface area contributed by atoms with Crippen LogP contribution in [0, 0.1) is 0 Å². The summed E-state index contributed by atoms with van der Waals surface area (Å²) in [4.78, 5) is 0. The molecule has 0 aromatic heterocycles. The molecule has 0 rings (SSSR count). The number of unbranched alkanes of at least 4 members (excludes halogenated alkanes) is 2. The molecule has 0 aliphatic carbocycles. The van der Waals surface area contributed by atoms with Gasteiger partial charge in [-0.05, 0) is 45.1 Å². The van der Waals surface area contributed by atoms with Crippen LogP contribution in [-0.4, -0.2) is 6.54 Å². The van der Waals surface area contributed by atoms with Crippen molar-refractivity contribution < 1.29 is 0 Å². The van der Waals surface area contributed by atoms with Gasteiger partial charge in [-0.2, -0.15) is 0 Å². The van der Waals surface area contributed by atoms with Crippen LogP contribution in [-0.2, 0) is 0 Å². The number of hydrogen-bond donors (Lipinski definition) is 1. The van der Waals surface area contributed by atoms with Gasteiger partial charge in [0.05, 0.1) is 0 Å². The Morgan fingerprint density at radius 3 is 2.31 bits per heavy atom. The molecule has 94 valence electrons. The first-order chi connectivity index (χ1) is 7.85. The van der Waals surface area contributed by atoms with Crippen LogP contribution in [0.1, 0.15) is 65.2 Å². The Balaban J connectivity index is 3.79. The van der Waals surface area contributed by atoms with Crippen molar-refractivity contribution >= 4 is 0 Å². The lowest BCUT2D eigenvalue weighted by atomic mass is 10.0. The number of allylic oxidation sites excluding steroid dienone is 4. The van der Waals surface area contributed by atoms with E-state index in [1.54, 1.807) is 5.57 Å². The van der Waals surface area contributed by atoms with Crippen molar-refractivity contribution in [2.45, 2.75) is 65.2 Å². The molecule has 0 heterocycles. The zero-order valence-corrected chi connectivity index (χ0v) is 11.2. The average molecular weight is 223 g/mol. The quantitative estimate of drug-likeness (QED) is 0.425. The van der Waals surface area contributed by atoms with Gasteiger partial charge in [-0.1, -0.05) is 50.5 Å². The monoisotopic (exact) mass is 223 g/mol. The third kappa shape index (κ3) is 9.97. The highest BCUT2D eigenvalue weighted by molar-refractivity contribution is 5.03. The number of rotatable bonds is 10. The van der Waals surface area contributed by atoms with Crippen LogP contribution < -0.4 is 5.73 Å². The van der Waals surface area contributed by atoms with E-state index in [1.165, 1.54) is 38.5 Å². The second-order valence-electron chi connectivity index (χ2n) is 4.34. The molecule has 0 saturated heterocycles. The zero-order chi connectivity index (χ0) is 12.1. The lowest BCUT2D eigenvalue weighted by molar-refractivity contribution is 0.793. The smallest absolute Gasteiger partial charge is 0.00743 e. The van der Waals surface area contributed by atoms with E-state index in [2.05, 4.69) is 32.1 Å². The van der Waals surface area contributed by atoms with Crippen LogP contribution >= 0.6 is 0 Å². The molecule has 0 bridgehead atoms. The van der Waals surface area contributed by atoms with Crippen molar-refractivity contribution in [1.29, 1.82) is 0 Å². The van der Waals surface area contributed by atoms with Gasteiger partial charge in [0.25, 0.3) is 0 Å². The minimum absolute atomic E-state index is 0.812. The van der Waals surface area contributed by atoms with Crippen LogP contribution in [0.2, 0.25) is 0 Å². The van der Waals surface area contributed by atoms with Crippen LogP contribution in [0.4, 0.5) is 0 Å². The summed E-state index contributed by atoms with van der Waals surface area (Å²) in [7, 11) is 0. The predicted octanol–water partition coefficient (Wildman–Crippen LogP) is 4.59. The first-order valence-electron chi connectivity index (χ1n) is 6.88. The highest BCUT2D eigenvalue weighted by atomic mass is 14.5. The van der Waals surface area contributed by atoms with E-state index in [-0.39, 0.29) is 0 Å². The highest BCUT2D eigenvalue weighted by Crippen LogP contribution is 2.14. The zero-order valence-electron chi connectivity index (χ0n) is 11.2. The van der Waals surface area contributed by atoms with Crippen LogP contribution in [0.15, 0.2) is 23.8 Å². The van der Waals surface area contributed by atoms with Gasteiger partial charge in [-0.15, -0.1) is 0 Å². The largest absolute Gasteiger partial charge is 0.330 e. The van der Waals surface area contributed by atoms with Crippen molar-refractivity contribution in [3.05, 3.63) is 23.8 Å². The summed E-state index contributed by atoms with van der Waals surface area (Å²) in [5, 5.41) is 0. The lowest BCUT2D eigenvalue weighted by Crippen LogP contribution is -1.97. The van der Waals surface area contributed by atoms with Crippen molar-refractivity contribution in [2.24, 2.45) is 5.73 Å². The molecule has 0 radical (unpaired) electrons. The molecule has 0 fully saturated rings. The van der Waals surface area contributed by atoms with Gasteiger partial charge >= 0.3 is 0 Å². The molecule has 0 saturated carbocycles. The van der Waals surface area contributed by atoms with Crippen molar-refractivity contribution in [1.82, 2.24) is 0 Å². The third-order valence-electron chi connectivity index (χ3n) is 2.67. The molecule has 2 N–H and O–H groups in total. The molecule has 0 aromatic rings. The van der Waals surface area contributed by atoms with Gasteiger partial charge in [0.15, 0.2) is 0 Å². The standard InChI is InChI=1S/C15H29N/c1-3-5-6-7-8-12-15(11-4-2)13-9-10-14-16/h6-7,13H,3-5,8-12,14,16H2,1-2H3/b7-6+,15-13+. The molecule has 0 spiro atoms. The van der Waals surface area contributed by atoms with E-state index in [0.29, 0.717) is 0 Å². The van der Waals surface area contributed by atoms with Gasteiger partial charge in [-0.25, -0.2) is 0 Å². The second kappa shape index (κ2) is 12.5. The maximum atomic E-state index is 5.50. The average Bonchev–Trinajstić information content (AvgIpc) is 2.29. The fourth-order valence-corrected chi connectivity index (χ4v) is 1.75. The van der Waals surface area contributed by atoms with E-state index >= 15 is 0 Å². The summed E-state index contributed by atoms with van der Waals surface area (Å²) in [5.41, 5.74) is 7.13. The van der Waals surface area contributed by atoms with Crippen molar-refractivity contribution in [3.8, 4) is 0 Å². The fraction of sp³-hybridized carbons (Fsp3) is 0.733. The van der Waals surface area contributed by atoms with Crippen molar-refractivity contribution in [2.75, 3.05) is 6.54 Å². The first kappa shape index (κ1) is 15.4. The van der Waals surface area contributed by atoms with Gasteiger partial charge in [0, 0.05) is 0 Å². The predicted molar refractivity (Wildman–Crippen MR) is 74.6 cm³/mol. The molecular weight excluding hydrogens is 194 g/mol. The first-order valence-corrected chi connectivity index (χ1v) is 6.88. The molecule has 1 heteroatoms. The molecular formula is C15H29N. The lowest BCUT2D eigenvalue weighted by Gasteiger charge is -2.04. The van der Waals surface area contributed by atoms with E-state index < -0.39 is 0 Å². The Kier molecular flexibility index (Phi) is 12.1. The van der Waals surface area contributed by atoms with E-state index in [4.69, 9.17) is 5.73 Å². The molecule has 0 amide bonds. The molecule has 0 atom stereocenters. The normalized spacial score (nSPS) is 12.6. The Morgan fingerprint density at radius 2 is 1.69 bits per heavy atom. The summed E-state index contributed by atoms with van der Waals surface area (Å²) in [6.07, 6.45) is 16.8. The van der Waals surface area contributed by atoms with Gasteiger partial charge < -0.3 is 5.73 Å². The molecule has 16 heavy (non-hydrogen) atoms. The Morgan fingerprint density at radius 1 is 0.938 bits per heavy atom. The van der Waals surface area contributed by atoms with E-state index in [9.17, 15) is 0 Å². The Bertz CT molecular complexity index is 192. The minimum Gasteiger partial charge on any atom is -0.330 e. The van der Waals surface area contributed by atoms with Gasteiger partial charge in [0.2, 0.25) is 0 Å². The molecule has 1 nitrogen and oxygen atoms in total.